The first-order chi connectivity index (χ1) is 8.25. The van der Waals surface area contributed by atoms with Gasteiger partial charge in [0.05, 0.1) is 7.11 Å². The van der Waals surface area contributed by atoms with Gasteiger partial charge in [-0.15, -0.1) is 0 Å². The van der Waals surface area contributed by atoms with Crippen LogP contribution in [-0.4, -0.2) is 13.2 Å². The fourth-order valence-corrected chi connectivity index (χ4v) is 2.22. The van der Waals surface area contributed by atoms with Crippen LogP contribution in [-0.2, 0) is 11.8 Å². The summed E-state index contributed by atoms with van der Waals surface area (Å²) >= 11 is 0. The number of aryl methyl sites for hydroxylation is 2. The average Bonchev–Trinajstić information content (AvgIpc) is 2.24. The second kappa shape index (κ2) is 5.75. The van der Waals surface area contributed by atoms with Crippen LogP contribution < -0.4 is 10.5 Å². The van der Waals surface area contributed by atoms with Crippen LogP contribution in [0.15, 0.2) is 12.1 Å². The molecule has 0 aliphatic carbocycles. The van der Waals surface area contributed by atoms with Crippen LogP contribution in [0.3, 0.4) is 0 Å². The fourth-order valence-electron chi connectivity index (χ4n) is 2.22. The van der Waals surface area contributed by atoms with E-state index in [2.05, 4.69) is 39.8 Å². The molecule has 2 nitrogen and oxygen atoms in total. The van der Waals surface area contributed by atoms with Gasteiger partial charge in [-0.05, 0) is 37.7 Å². The van der Waals surface area contributed by atoms with Crippen LogP contribution in [0.25, 0.3) is 0 Å². The Hall–Kier alpha value is -1.02. The number of methoxy groups -OCH3 is 1. The predicted molar refractivity (Wildman–Crippen MR) is 78.4 cm³/mol. The fraction of sp³-hybridized carbons (Fsp3) is 0.625. The first kappa shape index (κ1) is 15.0. The third-order valence-electron chi connectivity index (χ3n) is 3.19. The van der Waals surface area contributed by atoms with Crippen molar-refractivity contribution in [2.75, 3.05) is 7.11 Å². The van der Waals surface area contributed by atoms with Gasteiger partial charge in [0.15, 0.2) is 0 Å². The smallest absolute Gasteiger partial charge is 0.125 e. The van der Waals surface area contributed by atoms with Crippen molar-refractivity contribution >= 4 is 0 Å². The summed E-state index contributed by atoms with van der Waals surface area (Å²) in [5.74, 6) is 1.04. The van der Waals surface area contributed by atoms with Crippen molar-refractivity contribution in [1.29, 1.82) is 0 Å². The summed E-state index contributed by atoms with van der Waals surface area (Å²) in [4.78, 5) is 0. The van der Waals surface area contributed by atoms with Gasteiger partial charge in [0.25, 0.3) is 0 Å². The number of benzene rings is 1. The molecule has 0 radical (unpaired) electrons. The molecule has 0 aromatic heterocycles. The predicted octanol–water partition coefficient (Wildman–Crippen LogP) is 3.58. The quantitative estimate of drug-likeness (QED) is 0.885. The SMILES string of the molecule is COc1c(CCC(C)N)cc(C)cc1C(C)(C)C. The van der Waals surface area contributed by atoms with Crippen LogP contribution in [0, 0.1) is 6.92 Å². The minimum atomic E-state index is 0.0977. The molecular formula is C16H27NO. The normalized spacial score (nSPS) is 13.5. The van der Waals surface area contributed by atoms with Crippen molar-refractivity contribution in [3.8, 4) is 5.75 Å². The molecular weight excluding hydrogens is 222 g/mol. The van der Waals surface area contributed by atoms with Crippen molar-refractivity contribution in [3.63, 3.8) is 0 Å². The van der Waals surface area contributed by atoms with E-state index in [1.165, 1.54) is 16.7 Å². The molecule has 0 aliphatic heterocycles. The Balaban J connectivity index is 3.21. The zero-order valence-electron chi connectivity index (χ0n) is 12.6. The summed E-state index contributed by atoms with van der Waals surface area (Å²) in [5, 5.41) is 0. The lowest BCUT2D eigenvalue weighted by Crippen LogP contribution is -2.17. The molecule has 1 aromatic rings. The monoisotopic (exact) mass is 249 g/mol. The molecule has 0 heterocycles. The van der Waals surface area contributed by atoms with Gasteiger partial charge < -0.3 is 10.5 Å². The molecule has 0 saturated heterocycles. The molecule has 1 rings (SSSR count). The highest BCUT2D eigenvalue weighted by molar-refractivity contribution is 5.47. The van der Waals surface area contributed by atoms with Crippen LogP contribution in [0.5, 0.6) is 5.75 Å². The number of rotatable bonds is 4. The van der Waals surface area contributed by atoms with Gasteiger partial charge in [0, 0.05) is 11.6 Å². The van der Waals surface area contributed by atoms with E-state index < -0.39 is 0 Å². The van der Waals surface area contributed by atoms with E-state index >= 15 is 0 Å². The molecule has 0 aliphatic rings. The Morgan fingerprint density at radius 3 is 2.33 bits per heavy atom. The van der Waals surface area contributed by atoms with E-state index in [0.29, 0.717) is 0 Å². The molecule has 1 unspecified atom stereocenters. The van der Waals surface area contributed by atoms with Crippen LogP contribution >= 0.6 is 0 Å². The van der Waals surface area contributed by atoms with Crippen molar-refractivity contribution in [2.24, 2.45) is 5.73 Å². The summed E-state index contributed by atoms with van der Waals surface area (Å²) in [7, 11) is 1.76. The molecule has 0 spiro atoms. The molecule has 1 aromatic carbocycles. The van der Waals surface area contributed by atoms with Crippen molar-refractivity contribution in [3.05, 3.63) is 28.8 Å². The summed E-state index contributed by atoms with van der Waals surface area (Å²) in [6, 6.07) is 4.68. The number of ether oxygens (including phenoxy) is 1. The third-order valence-corrected chi connectivity index (χ3v) is 3.19. The number of hydrogen-bond acceptors (Lipinski definition) is 2. The molecule has 0 bridgehead atoms. The van der Waals surface area contributed by atoms with Gasteiger partial charge in [0.1, 0.15) is 5.75 Å². The maximum Gasteiger partial charge on any atom is 0.125 e. The molecule has 0 saturated carbocycles. The van der Waals surface area contributed by atoms with Crippen molar-refractivity contribution in [2.45, 2.75) is 58.9 Å². The first-order valence-electron chi connectivity index (χ1n) is 6.69. The van der Waals surface area contributed by atoms with Crippen molar-refractivity contribution in [1.82, 2.24) is 0 Å². The third kappa shape index (κ3) is 3.74. The standard InChI is InChI=1S/C16H27NO/c1-11-9-13(8-7-12(2)17)15(18-6)14(10-11)16(3,4)5/h9-10,12H,7-8,17H2,1-6H3. The van der Waals surface area contributed by atoms with Crippen LogP contribution in [0.2, 0.25) is 0 Å². The molecule has 18 heavy (non-hydrogen) atoms. The Morgan fingerprint density at radius 1 is 1.28 bits per heavy atom. The number of nitrogens with two attached hydrogens (primary N) is 1. The van der Waals surface area contributed by atoms with Gasteiger partial charge in [-0.3, -0.25) is 0 Å². The lowest BCUT2D eigenvalue weighted by Gasteiger charge is -2.25. The zero-order chi connectivity index (χ0) is 13.9. The largest absolute Gasteiger partial charge is 0.496 e. The van der Waals surface area contributed by atoms with E-state index in [1.807, 2.05) is 6.92 Å². The molecule has 102 valence electrons. The maximum absolute atomic E-state index is 5.85. The van der Waals surface area contributed by atoms with E-state index in [4.69, 9.17) is 10.5 Å². The summed E-state index contributed by atoms with van der Waals surface area (Å²) in [6.07, 6.45) is 1.97. The van der Waals surface area contributed by atoms with Crippen LogP contribution in [0.1, 0.15) is 50.8 Å². The lowest BCUT2D eigenvalue weighted by molar-refractivity contribution is 0.391. The van der Waals surface area contributed by atoms with Gasteiger partial charge in [0.2, 0.25) is 0 Å². The van der Waals surface area contributed by atoms with Gasteiger partial charge in [-0.2, -0.15) is 0 Å². The Bertz CT molecular complexity index is 402. The molecule has 0 fully saturated rings. The second-order valence-corrected chi connectivity index (χ2v) is 6.27. The highest BCUT2D eigenvalue weighted by Crippen LogP contribution is 2.35. The second-order valence-electron chi connectivity index (χ2n) is 6.27. The van der Waals surface area contributed by atoms with E-state index in [1.54, 1.807) is 7.11 Å². The summed E-state index contributed by atoms with van der Waals surface area (Å²) < 4.78 is 5.65. The van der Waals surface area contributed by atoms with Crippen LogP contribution in [0.4, 0.5) is 0 Å². The minimum Gasteiger partial charge on any atom is -0.496 e. The Kier molecular flexibility index (Phi) is 4.80. The van der Waals surface area contributed by atoms with Crippen molar-refractivity contribution < 1.29 is 4.74 Å². The van der Waals surface area contributed by atoms with E-state index in [9.17, 15) is 0 Å². The van der Waals surface area contributed by atoms with E-state index in [-0.39, 0.29) is 11.5 Å². The molecule has 0 amide bonds. The first-order valence-corrected chi connectivity index (χ1v) is 6.69. The zero-order valence-corrected chi connectivity index (χ0v) is 12.6. The molecule has 2 heteroatoms. The lowest BCUT2D eigenvalue weighted by atomic mass is 9.83. The average molecular weight is 249 g/mol. The Labute approximate surface area is 112 Å². The summed E-state index contributed by atoms with van der Waals surface area (Å²) in [6.45, 7) is 10.9. The maximum atomic E-state index is 5.85. The highest BCUT2D eigenvalue weighted by Gasteiger charge is 2.21. The topological polar surface area (TPSA) is 35.2 Å². The van der Waals surface area contributed by atoms with Gasteiger partial charge in [-0.25, -0.2) is 0 Å². The summed E-state index contributed by atoms with van der Waals surface area (Å²) in [5.41, 5.74) is 9.80. The molecule has 2 N–H and O–H groups in total. The van der Waals surface area contributed by atoms with Gasteiger partial charge >= 0.3 is 0 Å². The highest BCUT2D eigenvalue weighted by atomic mass is 16.5. The van der Waals surface area contributed by atoms with Gasteiger partial charge in [-0.1, -0.05) is 38.5 Å². The van der Waals surface area contributed by atoms with E-state index in [0.717, 1.165) is 18.6 Å². The Morgan fingerprint density at radius 2 is 1.89 bits per heavy atom. The number of hydrogen-bond donors (Lipinski definition) is 1. The molecule has 1 atom stereocenters. The minimum absolute atomic E-state index is 0.0977.